The molecule has 3 rings (SSSR count). The first kappa shape index (κ1) is 18.9. The SMILES string of the molecule is C=C(C)N1CC(Cc2cc(O)c(C3C=C(C)CCC3C(C)C)c(O)c2)C1. The number of phenols is 2. The fraction of sp³-hybridized carbons (Fsp3) is 0.565. The summed E-state index contributed by atoms with van der Waals surface area (Å²) in [5.41, 5.74) is 4.20. The van der Waals surface area contributed by atoms with Crippen molar-refractivity contribution in [1.29, 1.82) is 0 Å². The Bertz CT molecular complexity index is 690. The van der Waals surface area contributed by atoms with Gasteiger partial charge in [0, 0.05) is 30.3 Å². The predicted molar refractivity (Wildman–Crippen MR) is 107 cm³/mol. The third-order valence-electron chi connectivity index (χ3n) is 6.20. The van der Waals surface area contributed by atoms with Gasteiger partial charge in [0.1, 0.15) is 11.5 Å². The molecule has 26 heavy (non-hydrogen) atoms. The highest BCUT2D eigenvalue weighted by atomic mass is 16.3. The zero-order valence-electron chi connectivity index (χ0n) is 16.6. The van der Waals surface area contributed by atoms with E-state index in [-0.39, 0.29) is 17.4 Å². The molecule has 1 saturated heterocycles. The van der Waals surface area contributed by atoms with Gasteiger partial charge in [0.05, 0.1) is 0 Å². The summed E-state index contributed by atoms with van der Waals surface area (Å²) >= 11 is 0. The van der Waals surface area contributed by atoms with Crippen LogP contribution in [0.1, 0.15) is 57.6 Å². The number of rotatable bonds is 5. The molecule has 0 radical (unpaired) electrons. The van der Waals surface area contributed by atoms with Gasteiger partial charge >= 0.3 is 0 Å². The van der Waals surface area contributed by atoms with Gasteiger partial charge in [-0.3, -0.25) is 0 Å². The number of hydrogen-bond donors (Lipinski definition) is 2. The third kappa shape index (κ3) is 3.77. The highest BCUT2D eigenvalue weighted by Gasteiger charge is 2.32. The molecule has 1 aromatic carbocycles. The van der Waals surface area contributed by atoms with E-state index in [1.165, 1.54) is 5.57 Å². The van der Waals surface area contributed by atoms with Crippen molar-refractivity contribution in [3.63, 3.8) is 0 Å². The second-order valence-corrected chi connectivity index (χ2v) is 8.74. The van der Waals surface area contributed by atoms with Crippen LogP contribution in [0.4, 0.5) is 0 Å². The van der Waals surface area contributed by atoms with E-state index in [2.05, 4.69) is 38.3 Å². The van der Waals surface area contributed by atoms with Crippen molar-refractivity contribution in [2.24, 2.45) is 17.8 Å². The van der Waals surface area contributed by atoms with Crippen LogP contribution in [0, 0.1) is 17.8 Å². The lowest BCUT2D eigenvalue weighted by Crippen LogP contribution is -2.45. The minimum atomic E-state index is 0.0976. The molecule has 3 heteroatoms. The van der Waals surface area contributed by atoms with E-state index in [0.717, 1.165) is 43.6 Å². The lowest BCUT2D eigenvalue weighted by atomic mass is 9.71. The van der Waals surface area contributed by atoms with Crippen LogP contribution in [0.3, 0.4) is 0 Å². The molecule has 0 spiro atoms. The fourth-order valence-electron chi connectivity index (χ4n) is 4.62. The maximum Gasteiger partial charge on any atom is 0.123 e. The first-order valence-electron chi connectivity index (χ1n) is 9.88. The standard InChI is InChI=1S/C23H33NO2/c1-14(2)19-7-6-16(5)8-20(19)23-21(25)10-17(11-22(23)26)9-18-12-24(13-18)15(3)4/h8,10-11,14,18-20,25-26H,3,6-7,9,12-13H2,1-2,4-5H3. The molecule has 2 N–H and O–H groups in total. The summed E-state index contributed by atoms with van der Waals surface area (Å²) in [6, 6.07) is 3.74. The zero-order chi connectivity index (χ0) is 19.0. The number of phenolic OH excluding ortho intramolecular Hbond substituents is 2. The average molecular weight is 356 g/mol. The third-order valence-corrected chi connectivity index (χ3v) is 6.20. The average Bonchev–Trinajstić information content (AvgIpc) is 2.49. The van der Waals surface area contributed by atoms with Gasteiger partial charge in [-0.25, -0.2) is 0 Å². The summed E-state index contributed by atoms with van der Waals surface area (Å²) in [6.45, 7) is 14.7. The second-order valence-electron chi connectivity index (χ2n) is 8.74. The van der Waals surface area contributed by atoms with Crippen molar-refractivity contribution in [3.8, 4) is 11.5 Å². The maximum absolute atomic E-state index is 10.7. The first-order valence-corrected chi connectivity index (χ1v) is 9.88. The molecular formula is C23H33NO2. The van der Waals surface area contributed by atoms with E-state index in [9.17, 15) is 10.2 Å². The smallest absolute Gasteiger partial charge is 0.123 e. The highest BCUT2D eigenvalue weighted by Crippen LogP contribution is 2.47. The van der Waals surface area contributed by atoms with Gasteiger partial charge in [-0.1, -0.05) is 32.1 Å². The van der Waals surface area contributed by atoms with Crippen LogP contribution in [-0.4, -0.2) is 28.2 Å². The minimum Gasteiger partial charge on any atom is -0.507 e. The maximum atomic E-state index is 10.7. The molecule has 0 amide bonds. The van der Waals surface area contributed by atoms with Gasteiger partial charge in [0.25, 0.3) is 0 Å². The van der Waals surface area contributed by atoms with Crippen LogP contribution in [0.25, 0.3) is 0 Å². The van der Waals surface area contributed by atoms with Crippen molar-refractivity contribution in [2.45, 2.75) is 52.9 Å². The van der Waals surface area contributed by atoms with E-state index >= 15 is 0 Å². The van der Waals surface area contributed by atoms with E-state index in [4.69, 9.17) is 0 Å². The van der Waals surface area contributed by atoms with Gasteiger partial charge < -0.3 is 15.1 Å². The molecule has 0 bridgehead atoms. The van der Waals surface area contributed by atoms with Crippen LogP contribution in [-0.2, 0) is 6.42 Å². The number of benzene rings is 1. The molecule has 3 nitrogen and oxygen atoms in total. The summed E-state index contributed by atoms with van der Waals surface area (Å²) in [7, 11) is 0. The van der Waals surface area contributed by atoms with Gasteiger partial charge in [-0.15, -0.1) is 0 Å². The molecule has 1 aliphatic carbocycles. The van der Waals surface area contributed by atoms with Gasteiger partial charge in [0.15, 0.2) is 0 Å². The molecular weight excluding hydrogens is 322 g/mol. The Balaban J connectivity index is 1.81. The Labute approximate surface area is 158 Å². The van der Waals surface area contributed by atoms with Crippen LogP contribution in [0.5, 0.6) is 11.5 Å². The van der Waals surface area contributed by atoms with Gasteiger partial charge in [-0.2, -0.15) is 0 Å². The zero-order valence-corrected chi connectivity index (χ0v) is 16.6. The summed E-state index contributed by atoms with van der Waals surface area (Å²) in [5.74, 6) is 2.13. The molecule has 2 unspecified atom stereocenters. The van der Waals surface area contributed by atoms with E-state index < -0.39 is 0 Å². The van der Waals surface area contributed by atoms with Gasteiger partial charge in [-0.05, 0) is 68.6 Å². The molecule has 0 saturated carbocycles. The molecule has 0 aromatic heterocycles. The lowest BCUT2D eigenvalue weighted by Gasteiger charge is -2.41. The van der Waals surface area contributed by atoms with Crippen LogP contribution in [0.2, 0.25) is 0 Å². The Hall–Kier alpha value is -1.90. The Morgan fingerprint density at radius 2 is 1.85 bits per heavy atom. The van der Waals surface area contributed by atoms with Crippen molar-refractivity contribution >= 4 is 0 Å². The number of nitrogens with zero attached hydrogens (tertiary/aromatic N) is 1. The predicted octanol–water partition coefficient (Wildman–Crippen LogP) is 5.20. The molecule has 1 fully saturated rings. The molecule has 1 aromatic rings. The highest BCUT2D eigenvalue weighted by molar-refractivity contribution is 5.51. The summed E-state index contributed by atoms with van der Waals surface area (Å²) < 4.78 is 0. The largest absolute Gasteiger partial charge is 0.507 e. The normalized spacial score (nSPS) is 23.7. The van der Waals surface area contributed by atoms with Gasteiger partial charge in [0.2, 0.25) is 0 Å². The van der Waals surface area contributed by atoms with Crippen molar-refractivity contribution in [2.75, 3.05) is 13.1 Å². The van der Waals surface area contributed by atoms with E-state index in [1.807, 2.05) is 19.1 Å². The fourth-order valence-corrected chi connectivity index (χ4v) is 4.62. The topological polar surface area (TPSA) is 43.7 Å². The molecule has 1 aliphatic heterocycles. The van der Waals surface area contributed by atoms with Crippen LogP contribution in [0.15, 0.2) is 36.1 Å². The Kier molecular flexibility index (Phi) is 5.36. The summed E-state index contributed by atoms with van der Waals surface area (Å²) in [5, 5.41) is 21.5. The lowest BCUT2D eigenvalue weighted by molar-refractivity contribution is 0.144. The van der Waals surface area contributed by atoms with E-state index in [1.54, 1.807) is 0 Å². The molecule has 2 aliphatic rings. The number of likely N-dealkylation sites (tertiary alicyclic amines) is 1. The molecule has 1 heterocycles. The number of aromatic hydroxyl groups is 2. The first-order chi connectivity index (χ1) is 12.3. The van der Waals surface area contributed by atoms with E-state index in [0.29, 0.717) is 23.3 Å². The number of allylic oxidation sites excluding steroid dienone is 3. The van der Waals surface area contributed by atoms with Crippen molar-refractivity contribution < 1.29 is 10.2 Å². The van der Waals surface area contributed by atoms with Crippen LogP contribution < -0.4 is 0 Å². The summed E-state index contributed by atoms with van der Waals surface area (Å²) in [4.78, 5) is 2.27. The van der Waals surface area contributed by atoms with Crippen molar-refractivity contribution in [3.05, 3.63) is 47.2 Å². The second kappa shape index (κ2) is 7.38. The molecule has 142 valence electrons. The van der Waals surface area contributed by atoms with Crippen molar-refractivity contribution in [1.82, 2.24) is 4.90 Å². The molecule has 2 atom stereocenters. The van der Waals surface area contributed by atoms with Crippen LogP contribution >= 0.6 is 0 Å². The monoisotopic (exact) mass is 355 g/mol. The number of hydrogen-bond acceptors (Lipinski definition) is 3. The quantitative estimate of drug-likeness (QED) is 0.713. The minimum absolute atomic E-state index is 0.0976. The summed E-state index contributed by atoms with van der Waals surface area (Å²) in [6.07, 6.45) is 5.36. The Morgan fingerprint density at radius 1 is 1.23 bits per heavy atom. The Morgan fingerprint density at radius 3 is 2.38 bits per heavy atom.